The maximum Gasteiger partial charge on any atom is 0.159 e. The van der Waals surface area contributed by atoms with Crippen LogP contribution in [0.2, 0.25) is 0 Å². The number of aryl methyl sites for hydroxylation is 5. The minimum atomic E-state index is -0.0944. The van der Waals surface area contributed by atoms with Crippen LogP contribution in [-0.2, 0) is 45.3 Å². The number of ether oxygens (including phenoxy) is 2. The lowest BCUT2D eigenvalue weighted by Gasteiger charge is -2.28. The molecule has 1 aliphatic carbocycles. The third kappa shape index (κ3) is 49.6. The van der Waals surface area contributed by atoms with E-state index < -0.39 is 0 Å². The van der Waals surface area contributed by atoms with Gasteiger partial charge in [-0.1, -0.05) is 441 Å². The monoisotopic (exact) mass is 1830 g/mol. The molecule has 10 aromatic rings. The fourth-order valence-electron chi connectivity index (χ4n) is 16.9. The molecule has 1 fully saturated rings. The quantitative estimate of drug-likeness (QED) is 0.0148. The van der Waals surface area contributed by atoms with Gasteiger partial charge in [0.2, 0.25) is 0 Å². The van der Waals surface area contributed by atoms with Crippen molar-refractivity contribution in [2.24, 2.45) is 11.8 Å². The van der Waals surface area contributed by atoms with Crippen LogP contribution in [0.1, 0.15) is 413 Å². The van der Waals surface area contributed by atoms with Crippen molar-refractivity contribution < 1.29 is 34.1 Å². The standard InChI is InChI=1S/C25H24.C21H36O4.C19H22O.C18H26O.C16H24O.C15H24.C13H21N/c1-3-5-6-7-21-10-14-23(15-11-21)25-18-16-24(17-19-25)22-12-8-20(4-2)9-13-22;1-3-5-7-9-11-13-25-21-15-18(16-22)20(14-19(21)17-23)24-12-10-8-6-4-2;1-4-14(2)13-16-5-7-18(8-6-16)19-11-9-17(10-12-19)15(3)20;1-3-4-5-15-6-8-17(9-7-15)18-12-10-16(11-13-18)14(2)19;1-3-4-5-6-7-8-9-15-10-12-16(13-11-15)14(2)17;1-3-4-5-6-7-8-9-15-12-10-14(2)11-13-15;1-2-3-4-5-6-7-12-8-10-13(14)11-9-12/h2,8-19H,3,5-7H2,1H3;14-15,22-23H,3-13,16-17H2,1-2H3;5-12,14H,4,13H2,1-3H3;10-13,15,17H,3-9H2,1-2H3;10-13H,3-9H2,1-2H3;10-13H,3-9H2,1-2H3;8-11H,2-7,14H2,1H3/t;;14-;;;;/m..0..../s1. The molecule has 10 aromatic carbocycles. The number of benzene rings is 10. The lowest BCUT2D eigenvalue weighted by molar-refractivity contribution is 0.100. The van der Waals surface area contributed by atoms with Gasteiger partial charge >= 0.3 is 0 Å². The number of hydrogen-bond donors (Lipinski definition) is 3. The second kappa shape index (κ2) is 72.5. The first-order valence-corrected chi connectivity index (χ1v) is 53.0. The van der Waals surface area contributed by atoms with Crippen molar-refractivity contribution in [1.82, 2.24) is 0 Å². The lowest BCUT2D eigenvalue weighted by atomic mass is 9.77. The molecule has 0 radical (unpaired) electrons. The zero-order valence-electron chi connectivity index (χ0n) is 86.3. The van der Waals surface area contributed by atoms with Gasteiger partial charge in [-0.15, -0.1) is 6.42 Å². The molecule has 0 amide bonds. The highest BCUT2D eigenvalue weighted by molar-refractivity contribution is 5.95. The minimum Gasteiger partial charge on any atom is -0.493 e. The second-order valence-corrected chi connectivity index (χ2v) is 37.8. The van der Waals surface area contributed by atoms with Crippen LogP contribution >= 0.6 is 0 Å². The Balaban J connectivity index is 0.000000281. The number of Topliss-reactive ketones (excluding diaryl/α,β-unsaturated/α-hetero) is 3. The highest BCUT2D eigenvalue weighted by atomic mass is 16.5. The summed E-state index contributed by atoms with van der Waals surface area (Å²) < 4.78 is 11.7. The van der Waals surface area contributed by atoms with Crippen molar-refractivity contribution in [3.63, 3.8) is 0 Å². The highest BCUT2D eigenvalue weighted by Gasteiger charge is 2.23. The molecule has 1 saturated carbocycles. The summed E-state index contributed by atoms with van der Waals surface area (Å²) in [5.41, 5.74) is 28.4. The molecule has 135 heavy (non-hydrogen) atoms. The summed E-state index contributed by atoms with van der Waals surface area (Å²) in [4.78, 5) is 33.7. The van der Waals surface area contributed by atoms with Gasteiger partial charge in [-0.3, -0.25) is 14.4 Å². The summed E-state index contributed by atoms with van der Waals surface area (Å²) in [6.45, 7) is 28.3. The number of hydrogen-bond acceptors (Lipinski definition) is 8. The van der Waals surface area contributed by atoms with Gasteiger partial charge in [-0.2, -0.15) is 0 Å². The average molecular weight is 1830 g/mol. The summed E-state index contributed by atoms with van der Waals surface area (Å²) in [5.74, 6) is 6.80. The van der Waals surface area contributed by atoms with E-state index in [2.05, 4.69) is 221 Å². The van der Waals surface area contributed by atoms with E-state index in [0.717, 1.165) is 89.8 Å². The molecule has 8 heteroatoms. The molecule has 0 heterocycles. The van der Waals surface area contributed by atoms with Crippen molar-refractivity contribution >= 4 is 23.0 Å². The predicted molar refractivity (Wildman–Crippen MR) is 581 cm³/mol. The van der Waals surface area contributed by atoms with Crippen molar-refractivity contribution in [2.45, 2.75) is 379 Å². The topological polar surface area (TPSA) is 136 Å². The van der Waals surface area contributed by atoms with E-state index in [4.69, 9.17) is 21.6 Å². The number of carbonyl (C=O) groups is 3. The van der Waals surface area contributed by atoms with Gasteiger partial charge in [0.25, 0.3) is 0 Å². The fourth-order valence-corrected chi connectivity index (χ4v) is 16.9. The van der Waals surface area contributed by atoms with Gasteiger partial charge in [0.15, 0.2) is 17.3 Å². The van der Waals surface area contributed by atoms with Crippen LogP contribution in [0.15, 0.2) is 231 Å². The van der Waals surface area contributed by atoms with E-state index in [1.165, 1.54) is 298 Å². The molecule has 11 rings (SSSR count). The summed E-state index contributed by atoms with van der Waals surface area (Å²) >= 11 is 0. The molecular formula is C127H177NO7. The Hall–Kier alpha value is -9.91. The summed E-state index contributed by atoms with van der Waals surface area (Å²) in [5, 5.41) is 19.2. The molecule has 4 N–H and O–H groups in total. The molecule has 0 unspecified atom stereocenters. The SMILES string of the molecule is C#Cc1ccc(-c2ccc(-c3ccc(CCCCC)cc3)cc2)cc1.CCCCC1CCC(c2ccc(C(C)=O)cc2)CC1.CCCCCCCCc1ccc(C(C)=O)cc1.CCCCCCCCc1ccc(C)cc1.CCCCCCCOc1cc(CO)c(OCCCCCC)cc1CO.CCCCCCCc1ccc(N)cc1.CC[C@H](C)Cc1ccc(-c2ccc(C(C)=O)cc2)cc1. The Morgan fingerprint density at radius 3 is 0.993 bits per heavy atom. The van der Waals surface area contributed by atoms with Crippen LogP contribution in [0, 0.1) is 31.1 Å². The Kier molecular flexibility index (Phi) is 62.0. The summed E-state index contributed by atoms with van der Waals surface area (Å²) in [6.07, 6.45) is 59.5. The number of aliphatic hydroxyl groups is 2. The summed E-state index contributed by atoms with van der Waals surface area (Å²) in [6, 6.07) is 79.6. The van der Waals surface area contributed by atoms with Crippen molar-refractivity contribution in [3.8, 4) is 57.2 Å². The van der Waals surface area contributed by atoms with Gasteiger partial charge in [0.1, 0.15) is 11.5 Å². The number of nitrogen functional groups attached to an aromatic ring is 1. The van der Waals surface area contributed by atoms with Crippen LogP contribution in [0.3, 0.4) is 0 Å². The molecule has 0 bridgehead atoms. The third-order valence-electron chi connectivity index (χ3n) is 26.1. The maximum absolute atomic E-state index is 11.3. The highest BCUT2D eigenvalue weighted by Crippen LogP contribution is 2.39. The Morgan fingerprint density at radius 2 is 0.637 bits per heavy atom. The number of nitrogens with two attached hydrogens (primary N) is 1. The molecule has 0 saturated heterocycles. The largest absolute Gasteiger partial charge is 0.493 e. The lowest BCUT2D eigenvalue weighted by Crippen LogP contribution is -2.13. The van der Waals surface area contributed by atoms with Crippen LogP contribution in [0.25, 0.3) is 33.4 Å². The average Bonchev–Trinajstić information content (AvgIpc) is 0.829. The molecule has 1 aliphatic rings. The fraction of sp³-hybridized carbons (Fsp3) is 0.488. The molecule has 0 aliphatic heterocycles. The van der Waals surface area contributed by atoms with E-state index in [9.17, 15) is 24.6 Å². The normalized spacial score (nSPS) is 12.6. The van der Waals surface area contributed by atoms with Crippen LogP contribution in [0.4, 0.5) is 5.69 Å². The molecular weight excluding hydrogens is 1650 g/mol. The van der Waals surface area contributed by atoms with Gasteiger partial charge in [-0.05, 0) is 245 Å². The Labute approximate surface area is 821 Å². The first kappa shape index (κ1) is 116. The first-order valence-electron chi connectivity index (χ1n) is 53.0. The number of ketones is 3. The number of carbonyl (C=O) groups excluding carboxylic acids is 3. The predicted octanol–water partition coefficient (Wildman–Crippen LogP) is 35.7. The molecule has 0 aromatic heterocycles. The van der Waals surface area contributed by atoms with E-state index >= 15 is 0 Å². The number of rotatable bonds is 52. The number of anilines is 1. The minimum absolute atomic E-state index is 0.0942. The van der Waals surface area contributed by atoms with Crippen molar-refractivity contribution in [3.05, 3.63) is 303 Å². The number of aliphatic hydroxyl groups excluding tert-OH is 2. The Morgan fingerprint density at radius 1 is 0.356 bits per heavy atom. The Bertz CT molecular complexity index is 4720. The first-order chi connectivity index (χ1) is 65.7. The van der Waals surface area contributed by atoms with Crippen molar-refractivity contribution in [2.75, 3.05) is 18.9 Å². The zero-order chi connectivity index (χ0) is 97.7. The third-order valence-corrected chi connectivity index (χ3v) is 26.1. The number of unbranched alkanes of at least 4 members (excludes halogenated alkanes) is 24. The van der Waals surface area contributed by atoms with Crippen LogP contribution in [0.5, 0.6) is 11.5 Å². The molecule has 732 valence electrons. The summed E-state index contributed by atoms with van der Waals surface area (Å²) in [7, 11) is 0. The zero-order valence-corrected chi connectivity index (χ0v) is 86.3. The molecule has 1 atom stereocenters. The molecule has 8 nitrogen and oxygen atoms in total. The van der Waals surface area contributed by atoms with Crippen molar-refractivity contribution in [1.29, 1.82) is 0 Å². The van der Waals surface area contributed by atoms with Gasteiger partial charge in [0, 0.05) is 39.1 Å². The van der Waals surface area contributed by atoms with E-state index in [1.54, 1.807) is 32.9 Å². The van der Waals surface area contributed by atoms with Gasteiger partial charge in [-0.25, -0.2) is 0 Å². The van der Waals surface area contributed by atoms with E-state index in [-0.39, 0.29) is 30.6 Å². The van der Waals surface area contributed by atoms with Gasteiger partial charge in [0.05, 0.1) is 26.4 Å². The van der Waals surface area contributed by atoms with E-state index in [0.29, 0.717) is 35.8 Å². The van der Waals surface area contributed by atoms with Crippen LogP contribution in [-0.4, -0.2) is 40.8 Å². The smallest absolute Gasteiger partial charge is 0.159 e. The maximum atomic E-state index is 11.3. The van der Waals surface area contributed by atoms with Gasteiger partial charge < -0.3 is 25.4 Å². The molecule has 0 spiro atoms. The van der Waals surface area contributed by atoms with E-state index in [1.807, 2.05) is 72.8 Å². The second-order valence-electron chi connectivity index (χ2n) is 37.8. The number of terminal acetylenes is 1. The van der Waals surface area contributed by atoms with Crippen LogP contribution < -0.4 is 15.2 Å².